The second kappa shape index (κ2) is 8.01. The normalized spacial score (nSPS) is 14.5. The number of halogens is 1. The van der Waals surface area contributed by atoms with E-state index in [0.717, 1.165) is 55.4 Å². The predicted molar refractivity (Wildman–Crippen MR) is 84.4 cm³/mol. The average Bonchev–Trinajstić information content (AvgIpc) is 2.71. The molecule has 4 nitrogen and oxygen atoms in total. The maximum atomic E-state index is 6.45. The van der Waals surface area contributed by atoms with E-state index >= 15 is 0 Å². The van der Waals surface area contributed by atoms with Crippen LogP contribution < -0.4 is 5.32 Å². The SMILES string of the molecule is CCc1nn(C)c(CC(C)(CC)CNCCOC)c1Cl. The lowest BCUT2D eigenvalue weighted by Crippen LogP contribution is -2.35. The molecule has 116 valence electrons. The molecule has 0 saturated heterocycles. The Hall–Kier alpha value is -0.580. The largest absolute Gasteiger partial charge is 0.383 e. The summed E-state index contributed by atoms with van der Waals surface area (Å²) >= 11 is 6.45. The molecule has 0 radical (unpaired) electrons. The van der Waals surface area contributed by atoms with Crippen LogP contribution in [0.3, 0.4) is 0 Å². The van der Waals surface area contributed by atoms with E-state index in [4.69, 9.17) is 16.3 Å². The summed E-state index contributed by atoms with van der Waals surface area (Å²) in [6.07, 6.45) is 2.91. The summed E-state index contributed by atoms with van der Waals surface area (Å²) in [4.78, 5) is 0. The molecule has 1 atom stereocenters. The van der Waals surface area contributed by atoms with Crippen molar-refractivity contribution < 1.29 is 4.74 Å². The van der Waals surface area contributed by atoms with Crippen LogP contribution in [0.5, 0.6) is 0 Å². The summed E-state index contributed by atoms with van der Waals surface area (Å²) < 4.78 is 7.00. The van der Waals surface area contributed by atoms with E-state index in [9.17, 15) is 0 Å². The van der Waals surface area contributed by atoms with Crippen LogP contribution in [-0.4, -0.2) is 36.6 Å². The molecule has 1 aromatic rings. The fraction of sp³-hybridized carbons (Fsp3) is 0.800. The zero-order valence-electron chi connectivity index (χ0n) is 13.4. The van der Waals surface area contributed by atoms with E-state index in [1.54, 1.807) is 7.11 Å². The summed E-state index contributed by atoms with van der Waals surface area (Å²) in [5, 5.41) is 8.80. The summed E-state index contributed by atoms with van der Waals surface area (Å²) in [6.45, 7) is 9.18. The number of nitrogens with one attached hydrogen (secondary N) is 1. The Morgan fingerprint density at radius 3 is 2.60 bits per heavy atom. The van der Waals surface area contributed by atoms with Crippen LogP contribution in [0.25, 0.3) is 0 Å². The summed E-state index contributed by atoms with van der Waals surface area (Å²) in [5.74, 6) is 0. The molecule has 1 heterocycles. The van der Waals surface area contributed by atoms with Gasteiger partial charge in [0, 0.05) is 27.2 Å². The number of hydrogen-bond acceptors (Lipinski definition) is 3. The van der Waals surface area contributed by atoms with Crippen LogP contribution >= 0.6 is 11.6 Å². The number of hydrogen-bond donors (Lipinski definition) is 1. The highest BCUT2D eigenvalue weighted by atomic mass is 35.5. The highest BCUT2D eigenvalue weighted by molar-refractivity contribution is 6.31. The van der Waals surface area contributed by atoms with Crippen LogP contribution in [0.15, 0.2) is 0 Å². The van der Waals surface area contributed by atoms with Gasteiger partial charge in [-0.15, -0.1) is 0 Å². The highest BCUT2D eigenvalue weighted by Crippen LogP contribution is 2.30. The van der Waals surface area contributed by atoms with Gasteiger partial charge in [0.2, 0.25) is 0 Å². The van der Waals surface area contributed by atoms with Crippen molar-refractivity contribution in [2.45, 2.75) is 40.0 Å². The Morgan fingerprint density at radius 2 is 2.10 bits per heavy atom. The molecule has 1 unspecified atom stereocenters. The number of aromatic nitrogens is 2. The van der Waals surface area contributed by atoms with Crippen molar-refractivity contribution >= 4 is 11.6 Å². The highest BCUT2D eigenvalue weighted by Gasteiger charge is 2.26. The van der Waals surface area contributed by atoms with Gasteiger partial charge in [-0.1, -0.05) is 32.4 Å². The molecule has 0 aliphatic carbocycles. The first-order valence-corrected chi connectivity index (χ1v) is 7.75. The number of methoxy groups -OCH3 is 1. The fourth-order valence-corrected chi connectivity index (χ4v) is 2.65. The first kappa shape index (κ1) is 17.5. The first-order valence-electron chi connectivity index (χ1n) is 7.37. The van der Waals surface area contributed by atoms with Crippen LogP contribution in [0, 0.1) is 5.41 Å². The van der Waals surface area contributed by atoms with Gasteiger partial charge in [-0.3, -0.25) is 4.68 Å². The van der Waals surface area contributed by atoms with Gasteiger partial charge in [-0.05, 0) is 24.7 Å². The molecule has 1 aromatic heterocycles. The molecule has 20 heavy (non-hydrogen) atoms. The predicted octanol–water partition coefficient (Wildman–Crippen LogP) is 2.83. The van der Waals surface area contributed by atoms with Crippen molar-refractivity contribution in [3.8, 4) is 0 Å². The van der Waals surface area contributed by atoms with Crippen LogP contribution in [0.1, 0.15) is 38.6 Å². The van der Waals surface area contributed by atoms with Crippen LogP contribution in [0.4, 0.5) is 0 Å². The molecule has 0 bridgehead atoms. The van der Waals surface area contributed by atoms with Crippen molar-refractivity contribution in [3.63, 3.8) is 0 Å². The van der Waals surface area contributed by atoms with Gasteiger partial charge in [0.25, 0.3) is 0 Å². The lowest BCUT2D eigenvalue weighted by atomic mass is 9.82. The molecule has 0 aliphatic heterocycles. The molecule has 5 heteroatoms. The van der Waals surface area contributed by atoms with Gasteiger partial charge < -0.3 is 10.1 Å². The zero-order chi connectivity index (χ0) is 15.2. The third-order valence-corrected chi connectivity index (χ3v) is 4.42. The lowest BCUT2D eigenvalue weighted by molar-refractivity contribution is 0.190. The molecular formula is C15H28ClN3O. The van der Waals surface area contributed by atoms with E-state index < -0.39 is 0 Å². The minimum atomic E-state index is 0.177. The Balaban J connectivity index is 2.74. The van der Waals surface area contributed by atoms with E-state index in [0.29, 0.717) is 0 Å². The monoisotopic (exact) mass is 301 g/mol. The number of nitrogens with zero attached hydrogens (tertiary/aromatic N) is 2. The van der Waals surface area contributed by atoms with Crippen molar-refractivity contribution in [2.24, 2.45) is 12.5 Å². The number of ether oxygens (including phenoxy) is 1. The van der Waals surface area contributed by atoms with Gasteiger partial charge in [0.05, 0.1) is 23.0 Å². The standard InChI is InChI=1S/C15H28ClN3O/c1-6-12-14(16)13(19(4)18-12)10-15(3,7-2)11-17-8-9-20-5/h17H,6-11H2,1-5H3. The zero-order valence-corrected chi connectivity index (χ0v) is 14.2. The van der Waals surface area contributed by atoms with Crippen LogP contribution in [-0.2, 0) is 24.6 Å². The maximum Gasteiger partial charge on any atom is 0.0849 e. The van der Waals surface area contributed by atoms with Crippen molar-refractivity contribution in [1.82, 2.24) is 15.1 Å². The molecular weight excluding hydrogens is 274 g/mol. The fourth-order valence-electron chi connectivity index (χ4n) is 2.29. The van der Waals surface area contributed by atoms with Crippen molar-refractivity contribution in [2.75, 3.05) is 26.8 Å². The van der Waals surface area contributed by atoms with Gasteiger partial charge in [0.1, 0.15) is 0 Å². The molecule has 0 spiro atoms. The Labute approximate surface area is 127 Å². The Morgan fingerprint density at radius 1 is 1.40 bits per heavy atom. The second-order valence-electron chi connectivity index (χ2n) is 5.70. The van der Waals surface area contributed by atoms with E-state index in [2.05, 4.69) is 31.2 Å². The molecule has 0 aromatic carbocycles. The number of rotatable bonds is 9. The Bertz CT molecular complexity index is 419. The average molecular weight is 302 g/mol. The molecule has 1 N–H and O–H groups in total. The van der Waals surface area contributed by atoms with Gasteiger partial charge in [0.15, 0.2) is 0 Å². The molecule has 1 rings (SSSR count). The number of aryl methyl sites for hydroxylation is 2. The topological polar surface area (TPSA) is 39.1 Å². The van der Waals surface area contributed by atoms with Gasteiger partial charge in [-0.25, -0.2) is 0 Å². The molecule has 0 aliphatic rings. The van der Waals surface area contributed by atoms with E-state index in [-0.39, 0.29) is 5.41 Å². The summed E-state index contributed by atoms with van der Waals surface area (Å²) in [5.41, 5.74) is 2.31. The maximum absolute atomic E-state index is 6.45. The second-order valence-corrected chi connectivity index (χ2v) is 6.07. The minimum Gasteiger partial charge on any atom is -0.383 e. The summed E-state index contributed by atoms with van der Waals surface area (Å²) in [6, 6.07) is 0. The van der Waals surface area contributed by atoms with Crippen molar-refractivity contribution in [3.05, 3.63) is 16.4 Å². The van der Waals surface area contributed by atoms with Gasteiger partial charge in [-0.2, -0.15) is 5.10 Å². The first-order chi connectivity index (χ1) is 9.47. The smallest absolute Gasteiger partial charge is 0.0849 e. The van der Waals surface area contributed by atoms with Gasteiger partial charge >= 0.3 is 0 Å². The molecule has 0 amide bonds. The third-order valence-electron chi connectivity index (χ3n) is 3.99. The summed E-state index contributed by atoms with van der Waals surface area (Å²) in [7, 11) is 3.71. The van der Waals surface area contributed by atoms with E-state index in [1.165, 1.54) is 0 Å². The van der Waals surface area contributed by atoms with E-state index in [1.807, 2.05) is 11.7 Å². The van der Waals surface area contributed by atoms with Crippen LogP contribution in [0.2, 0.25) is 5.02 Å². The minimum absolute atomic E-state index is 0.177. The quantitative estimate of drug-likeness (QED) is 0.713. The van der Waals surface area contributed by atoms with Crippen molar-refractivity contribution in [1.29, 1.82) is 0 Å². The molecule has 0 fully saturated rings. The third kappa shape index (κ3) is 4.47. The lowest BCUT2D eigenvalue weighted by Gasteiger charge is -2.29. The molecule has 0 saturated carbocycles. The Kier molecular flexibility index (Phi) is 7.00.